The Hall–Kier alpha value is -1.81. The van der Waals surface area contributed by atoms with Crippen LogP contribution in [-0.2, 0) is 14.3 Å². The molecule has 0 aliphatic heterocycles. The third kappa shape index (κ3) is 6.31. The third-order valence-corrected chi connectivity index (χ3v) is 2.47. The van der Waals surface area contributed by atoms with Crippen molar-refractivity contribution >= 4 is 23.6 Å². The minimum Gasteiger partial charge on any atom is -0.550 e. The van der Waals surface area contributed by atoms with E-state index >= 15 is 0 Å². The van der Waals surface area contributed by atoms with E-state index < -0.39 is 35.3 Å². The molecule has 1 atom stereocenters. The number of hydrogen-bond acceptors (Lipinski definition) is 8. The van der Waals surface area contributed by atoms with E-state index in [2.05, 4.69) is 4.74 Å². The molecule has 0 amide bonds. The molecular formula is C12H11N2NaO7. The molecule has 10 heteroatoms. The Morgan fingerprint density at radius 2 is 1.77 bits per heavy atom. The Bertz CT molecular complexity index is 573. The SMILES string of the molecule is NC(CCC(=O)[O-])C(=O)OC(=O)c1ccc([N+](=O)[O-])cc1.[Na+]. The molecule has 0 heterocycles. The van der Waals surface area contributed by atoms with Gasteiger partial charge in [0.05, 0.1) is 10.5 Å². The number of carboxylic acids is 1. The first-order valence-corrected chi connectivity index (χ1v) is 5.77. The van der Waals surface area contributed by atoms with Crippen molar-refractivity contribution < 1.29 is 58.7 Å². The maximum Gasteiger partial charge on any atom is 1.00 e. The Morgan fingerprint density at radius 1 is 1.23 bits per heavy atom. The van der Waals surface area contributed by atoms with Crippen molar-refractivity contribution in [2.24, 2.45) is 5.73 Å². The maximum absolute atomic E-state index is 11.6. The largest absolute Gasteiger partial charge is 1.00 e. The number of rotatable bonds is 6. The van der Waals surface area contributed by atoms with E-state index in [4.69, 9.17) is 5.73 Å². The number of hydrogen-bond donors (Lipinski definition) is 1. The summed E-state index contributed by atoms with van der Waals surface area (Å²) >= 11 is 0. The number of nitrogens with two attached hydrogens (primary N) is 1. The first-order valence-electron chi connectivity index (χ1n) is 5.77. The van der Waals surface area contributed by atoms with Gasteiger partial charge in [0.1, 0.15) is 6.04 Å². The molecule has 1 rings (SSSR count). The molecule has 1 aromatic carbocycles. The Kier molecular flexibility index (Phi) is 8.50. The molecule has 0 bridgehead atoms. The first kappa shape index (κ1) is 20.2. The van der Waals surface area contributed by atoms with Gasteiger partial charge < -0.3 is 20.4 Å². The summed E-state index contributed by atoms with van der Waals surface area (Å²) < 4.78 is 4.44. The second-order valence-electron chi connectivity index (χ2n) is 4.03. The molecule has 0 saturated heterocycles. The molecular weight excluding hydrogens is 307 g/mol. The fourth-order valence-electron chi connectivity index (χ4n) is 1.34. The zero-order chi connectivity index (χ0) is 16.0. The predicted molar refractivity (Wildman–Crippen MR) is 65.7 cm³/mol. The Labute approximate surface area is 146 Å². The van der Waals surface area contributed by atoms with E-state index in [1.165, 1.54) is 0 Å². The zero-order valence-corrected chi connectivity index (χ0v) is 13.7. The number of nitro benzene ring substituents is 1. The molecule has 0 saturated carbocycles. The van der Waals surface area contributed by atoms with E-state index in [-0.39, 0.29) is 47.2 Å². The molecule has 0 aliphatic carbocycles. The van der Waals surface area contributed by atoms with Crippen LogP contribution in [0, 0.1) is 10.1 Å². The van der Waals surface area contributed by atoms with Crippen molar-refractivity contribution in [2.45, 2.75) is 18.9 Å². The maximum atomic E-state index is 11.6. The average Bonchev–Trinajstić information content (AvgIpc) is 2.44. The second kappa shape index (κ2) is 9.26. The molecule has 0 radical (unpaired) electrons. The van der Waals surface area contributed by atoms with Crippen molar-refractivity contribution in [1.82, 2.24) is 0 Å². The fraction of sp³-hybridized carbons (Fsp3) is 0.250. The minimum atomic E-state index is -1.38. The molecule has 0 aliphatic rings. The van der Waals surface area contributed by atoms with Crippen LogP contribution >= 0.6 is 0 Å². The summed E-state index contributed by atoms with van der Waals surface area (Å²) in [4.78, 5) is 43.0. The van der Waals surface area contributed by atoms with Gasteiger partial charge in [-0.3, -0.25) is 10.1 Å². The number of esters is 2. The summed E-state index contributed by atoms with van der Waals surface area (Å²) in [5.74, 6) is -3.49. The number of carbonyl (C=O) groups excluding carboxylic acids is 3. The molecule has 0 aromatic heterocycles. The van der Waals surface area contributed by atoms with E-state index in [9.17, 15) is 29.6 Å². The number of ether oxygens (including phenoxy) is 1. The van der Waals surface area contributed by atoms with Crippen molar-refractivity contribution in [3.63, 3.8) is 0 Å². The number of nitrogens with zero attached hydrogens (tertiary/aromatic N) is 1. The first-order chi connectivity index (χ1) is 9.81. The number of carboxylic acid groups (broad SMARTS) is 1. The van der Waals surface area contributed by atoms with Crippen LogP contribution in [0.2, 0.25) is 0 Å². The van der Waals surface area contributed by atoms with Gasteiger partial charge >= 0.3 is 41.5 Å². The van der Waals surface area contributed by atoms with Crippen LogP contribution in [0.4, 0.5) is 5.69 Å². The van der Waals surface area contributed by atoms with E-state index in [0.29, 0.717) is 0 Å². The summed E-state index contributed by atoms with van der Waals surface area (Å²) in [6.07, 6.45) is -0.670. The normalized spacial score (nSPS) is 11.0. The average molecular weight is 318 g/mol. The monoisotopic (exact) mass is 318 g/mol. The van der Waals surface area contributed by atoms with Crippen LogP contribution in [0.1, 0.15) is 23.2 Å². The van der Waals surface area contributed by atoms with Crippen molar-refractivity contribution in [3.05, 3.63) is 39.9 Å². The Morgan fingerprint density at radius 3 is 2.23 bits per heavy atom. The topological polar surface area (TPSA) is 153 Å². The number of carbonyl (C=O) groups is 3. The van der Waals surface area contributed by atoms with Gasteiger partial charge in [0.15, 0.2) is 0 Å². The van der Waals surface area contributed by atoms with Crippen molar-refractivity contribution in [2.75, 3.05) is 0 Å². The molecule has 0 spiro atoms. The zero-order valence-electron chi connectivity index (χ0n) is 11.7. The van der Waals surface area contributed by atoms with E-state index in [0.717, 1.165) is 24.3 Å². The van der Waals surface area contributed by atoms with Gasteiger partial charge in [-0.15, -0.1) is 0 Å². The van der Waals surface area contributed by atoms with Gasteiger partial charge in [-0.25, -0.2) is 9.59 Å². The van der Waals surface area contributed by atoms with Gasteiger partial charge in [-0.1, -0.05) is 0 Å². The molecule has 9 nitrogen and oxygen atoms in total. The molecule has 1 aromatic rings. The molecule has 0 fully saturated rings. The van der Waals surface area contributed by atoms with E-state index in [1.54, 1.807) is 0 Å². The standard InChI is InChI=1S/C12H12N2O7.Na/c13-9(5-6-10(15)16)12(18)21-11(17)7-1-3-8(4-2-7)14(19)20;/h1-4,9H,5-6,13H2,(H,15,16);/q;+1/p-1. The van der Waals surface area contributed by atoms with Crippen LogP contribution in [-0.4, -0.2) is 28.9 Å². The third-order valence-electron chi connectivity index (χ3n) is 2.47. The van der Waals surface area contributed by atoms with E-state index in [1.807, 2.05) is 0 Å². The van der Waals surface area contributed by atoms with Gasteiger partial charge in [-0.05, 0) is 25.0 Å². The second-order valence-corrected chi connectivity index (χ2v) is 4.03. The smallest absolute Gasteiger partial charge is 0.550 e. The van der Waals surface area contributed by atoms with Crippen molar-refractivity contribution in [1.29, 1.82) is 0 Å². The van der Waals surface area contributed by atoms with Gasteiger partial charge in [-0.2, -0.15) is 0 Å². The van der Waals surface area contributed by atoms with Crippen LogP contribution in [0.25, 0.3) is 0 Å². The quantitative estimate of drug-likeness (QED) is 0.184. The molecule has 22 heavy (non-hydrogen) atoms. The summed E-state index contributed by atoms with van der Waals surface area (Å²) in [5.41, 5.74) is 5.06. The van der Waals surface area contributed by atoms with Crippen LogP contribution in [0.3, 0.4) is 0 Å². The molecule has 112 valence electrons. The fourth-order valence-corrected chi connectivity index (χ4v) is 1.34. The molecule has 1 unspecified atom stereocenters. The summed E-state index contributed by atoms with van der Waals surface area (Å²) in [5, 5.41) is 20.7. The van der Waals surface area contributed by atoms with Gasteiger partial charge in [0, 0.05) is 18.1 Å². The molecule has 2 N–H and O–H groups in total. The number of aliphatic carboxylic acids is 1. The van der Waals surface area contributed by atoms with Crippen LogP contribution < -0.4 is 40.4 Å². The van der Waals surface area contributed by atoms with Gasteiger partial charge in [0.2, 0.25) is 0 Å². The minimum absolute atomic E-state index is 0. The number of non-ortho nitro benzene ring substituents is 1. The van der Waals surface area contributed by atoms with Crippen molar-refractivity contribution in [3.8, 4) is 0 Å². The summed E-state index contributed by atoms with van der Waals surface area (Å²) in [6, 6.07) is 3.14. The number of benzene rings is 1. The predicted octanol–water partition coefficient (Wildman–Crippen LogP) is -3.86. The summed E-state index contributed by atoms with van der Waals surface area (Å²) in [6.45, 7) is 0. The van der Waals surface area contributed by atoms with Crippen LogP contribution in [0.15, 0.2) is 24.3 Å². The number of nitro groups is 1. The van der Waals surface area contributed by atoms with Crippen LogP contribution in [0.5, 0.6) is 0 Å². The summed E-state index contributed by atoms with van der Waals surface area (Å²) in [7, 11) is 0. The Balaban J connectivity index is 0.00000441. The van der Waals surface area contributed by atoms with Gasteiger partial charge in [0.25, 0.3) is 5.69 Å².